The van der Waals surface area contributed by atoms with E-state index in [-0.39, 0.29) is 0 Å². The first-order valence-corrected chi connectivity index (χ1v) is 5.24. The van der Waals surface area contributed by atoms with Crippen LogP contribution in [0.2, 0.25) is 0 Å². The van der Waals surface area contributed by atoms with Gasteiger partial charge in [0.1, 0.15) is 0 Å². The zero-order valence-corrected chi connectivity index (χ0v) is 8.32. The molecule has 0 saturated heterocycles. The van der Waals surface area contributed by atoms with E-state index < -0.39 is 34.3 Å². The summed E-state index contributed by atoms with van der Waals surface area (Å²) in [4.78, 5) is 10.4. The molecule has 4 heteroatoms. The molecule has 0 unspecified atom stereocenters. The van der Waals surface area contributed by atoms with E-state index in [9.17, 15) is 9.18 Å². The zero-order chi connectivity index (χ0) is 8.81. The third-order valence-electron chi connectivity index (χ3n) is 1.06. The Kier molecular flexibility index (Phi) is 3.99. The number of hydrogen-bond donors (Lipinski definition) is 0. The minimum absolute atomic E-state index is 0.772. The topological polar surface area (TPSA) is 26.3 Å². The van der Waals surface area contributed by atoms with Gasteiger partial charge in [-0.25, -0.2) is 0 Å². The maximum absolute atomic E-state index is 11.6. The summed E-state index contributed by atoms with van der Waals surface area (Å²) in [7, 11) is 0. The summed E-state index contributed by atoms with van der Waals surface area (Å²) in [5, 5.41) is 0. The molecule has 0 atom stereocenters. The van der Waals surface area contributed by atoms with Gasteiger partial charge in [0.05, 0.1) is 0 Å². The van der Waals surface area contributed by atoms with Gasteiger partial charge in [-0.15, -0.1) is 0 Å². The normalized spacial score (nSPS) is 9.75. The van der Waals surface area contributed by atoms with E-state index in [0.29, 0.717) is 0 Å². The molecule has 0 N–H and O–H groups in total. The quantitative estimate of drug-likeness (QED) is 0.622. The Morgan fingerprint density at radius 2 is 2.08 bits per heavy atom. The van der Waals surface area contributed by atoms with Gasteiger partial charge in [-0.1, -0.05) is 0 Å². The Bertz CT molecular complexity index is 250. The number of halogens is 2. The molecule has 0 heterocycles. The predicted molar refractivity (Wildman–Crippen MR) is 37.2 cm³/mol. The molecule has 0 saturated carbocycles. The van der Waals surface area contributed by atoms with Gasteiger partial charge >= 0.3 is 80.4 Å². The molecule has 1 aromatic carbocycles. The third-order valence-corrected chi connectivity index (χ3v) is 3.00. The standard InChI is InChI=1S/C8H7FIO2/c9-6-8(11)12-10-7-4-2-1-3-5-7/h1-5H,6H2/q-1. The van der Waals surface area contributed by atoms with Gasteiger partial charge in [0, 0.05) is 0 Å². The molecule has 0 radical (unpaired) electrons. The summed E-state index contributed by atoms with van der Waals surface area (Å²) >= 11 is -0.809. The number of rotatable bonds is 3. The van der Waals surface area contributed by atoms with Crippen molar-refractivity contribution < 1.29 is 33.9 Å². The average Bonchev–Trinajstić information content (AvgIpc) is 2.16. The van der Waals surface area contributed by atoms with Crippen LogP contribution in [0, 0.1) is 3.57 Å². The Morgan fingerprint density at radius 3 is 2.67 bits per heavy atom. The third kappa shape index (κ3) is 3.17. The van der Waals surface area contributed by atoms with E-state index >= 15 is 0 Å². The molecule has 0 aliphatic heterocycles. The van der Waals surface area contributed by atoms with Crippen LogP contribution in [-0.4, -0.2) is 12.6 Å². The van der Waals surface area contributed by atoms with Crippen molar-refractivity contribution in [2.75, 3.05) is 6.67 Å². The second-order valence-electron chi connectivity index (χ2n) is 1.96. The molecule has 1 rings (SSSR count). The maximum atomic E-state index is 11.6. The summed E-state index contributed by atoms with van der Waals surface area (Å²) in [6, 6.07) is 9.32. The first kappa shape index (κ1) is 9.44. The van der Waals surface area contributed by atoms with Crippen molar-refractivity contribution in [3.63, 3.8) is 0 Å². The van der Waals surface area contributed by atoms with E-state index in [0.717, 1.165) is 3.57 Å². The number of carbonyl (C=O) groups excluding carboxylic acids is 1. The molecule has 0 aromatic heterocycles. The second kappa shape index (κ2) is 5.08. The monoisotopic (exact) mass is 281 g/mol. The molecular weight excluding hydrogens is 274 g/mol. The van der Waals surface area contributed by atoms with Crippen LogP contribution in [0.25, 0.3) is 0 Å². The van der Waals surface area contributed by atoms with Gasteiger partial charge in [0.2, 0.25) is 0 Å². The molecule has 0 amide bonds. The fourth-order valence-corrected chi connectivity index (χ4v) is 1.90. The molecule has 0 aliphatic carbocycles. The summed E-state index contributed by atoms with van der Waals surface area (Å²) in [6.45, 7) is -1.04. The molecule has 0 aliphatic rings. The number of carbonyl (C=O) groups is 1. The molecule has 2 nitrogen and oxygen atoms in total. The van der Waals surface area contributed by atoms with Crippen molar-refractivity contribution in [1.82, 2.24) is 0 Å². The molecule has 0 fully saturated rings. The average molecular weight is 281 g/mol. The Balaban J connectivity index is 2.38. The van der Waals surface area contributed by atoms with Gasteiger partial charge in [-0.05, 0) is 0 Å². The van der Waals surface area contributed by atoms with Crippen LogP contribution in [0.1, 0.15) is 0 Å². The SMILES string of the molecule is O=C(CF)O[I-]c1ccccc1. The molecule has 1 aromatic rings. The van der Waals surface area contributed by atoms with Crippen molar-refractivity contribution in [2.24, 2.45) is 0 Å². The molecule has 66 valence electrons. The summed E-state index contributed by atoms with van der Waals surface area (Å²) < 4.78 is 17.3. The zero-order valence-electron chi connectivity index (χ0n) is 6.17. The Morgan fingerprint density at radius 1 is 1.42 bits per heavy atom. The van der Waals surface area contributed by atoms with E-state index in [1.165, 1.54) is 0 Å². The number of alkyl halides is 1. The molecule has 0 bridgehead atoms. The van der Waals surface area contributed by atoms with Crippen LogP contribution < -0.4 is 21.6 Å². The Hall–Kier alpha value is -0.650. The van der Waals surface area contributed by atoms with Gasteiger partial charge in [0.25, 0.3) is 0 Å². The van der Waals surface area contributed by atoms with Gasteiger partial charge in [-0.2, -0.15) is 0 Å². The first-order valence-electron chi connectivity index (χ1n) is 3.28. The van der Waals surface area contributed by atoms with Crippen molar-refractivity contribution >= 4 is 5.97 Å². The molecule has 0 spiro atoms. The second-order valence-corrected chi connectivity index (χ2v) is 4.08. The Labute approximate surface area is 80.5 Å². The first-order chi connectivity index (χ1) is 5.83. The van der Waals surface area contributed by atoms with E-state index in [2.05, 4.69) is 3.07 Å². The minimum atomic E-state index is -1.04. The summed E-state index contributed by atoms with van der Waals surface area (Å²) in [6.07, 6.45) is 0. The number of hydrogen-bond acceptors (Lipinski definition) is 2. The predicted octanol–water partition coefficient (Wildman–Crippen LogP) is -1.63. The molecule has 12 heavy (non-hydrogen) atoms. The number of benzene rings is 1. The van der Waals surface area contributed by atoms with Crippen molar-refractivity contribution in [2.45, 2.75) is 0 Å². The van der Waals surface area contributed by atoms with Crippen LogP contribution in [0.4, 0.5) is 4.39 Å². The van der Waals surface area contributed by atoms with Crippen molar-refractivity contribution in [1.29, 1.82) is 0 Å². The van der Waals surface area contributed by atoms with Gasteiger partial charge in [-0.3, -0.25) is 0 Å². The fourth-order valence-electron chi connectivity index (χ4n) is 0.574. The van der Waals surface area contributed by atoms with Crippen LogP contribution >= 0.6 is 0 Å². The molecular formula is C8H7FIO2-. The summed E-state index contributed by atoms with van der Waals surface area (Å²) in [5.41, 5.74) is 0. The summed E-state index contributed by atoms with van der Waals surface area (Å²) in [5.74, 6) is -0.772. The van der Waals surface area contributed by atoms with E-state index in [1.807, 2.05) is 30.3 Å². The van der Waals surface area contributed by atoms with E-state index in [4.69, 9.17) is 0 Å². The van der Waals surface area contributed by atoms with Crippen LogP contribution in [0.15, 0.2) is 30.3 Å². The van der Waals surface area contributed by atoms with E-state index in [1.54, 1.807) is 0 Å². The van der Waals surface area contributed by atoms with Crippen LogP contribution in [0.3, 0.4) is 0 Å². The van der Waals surface area contributed by atoms with Gasteiger partial charge in [0.15, 0.2) is 0 Å². The van der Waals surface area contributed by atoms with Crippen LogP contribution in [0.5, 0.6) is 0 Å². The van der Waals surface area contributed by atoms with Gasteiger partial charge < -0.3 is 0 Å². The van der Waals surface area contributed by atoms with Crippen molar-refractivity contribution in [3.05, 3.63) is 33.9 Å². The van der Waals surface area contributed by atoms with Crippen LogP contribution in [-0.2, 0) is 7.86 Å². The van der Waals surface area contributed by atoms with Crippen molar-refractivity contribution in [3.8, 4) is 0 Å². The fraction of sp³-hybridized carbons (Fsp3) is 0.125.